The van der Waals surface area contributed by atoms with E-state index in [1.54, 1.807) is 6.20 Å². The minimum Gasteiger partial charge on any atom is -0.371 e. The molecule has 0 amide bonds. The second-order valence-corrected chi connectivity index (χ2v) is 6.03. The predicted molar refractivity (Wildman–Crippen MR) is 90.3 cm³/mol. The van der Waals surface area contributed by atoms with Gasteiger partial charge in [0.25, 0.3) is 0 Å². The Morgan fingerprint density at radius 3 is 3.04 bits per heavy atom. The van der Waals surface area contributed by atoms with Gasteiger partial charge in [-0.05, 0) is 25.8 Å². The normalized spacial score (nSPS) is 20.6. The van der Waals surface area contributed by atoms with Crippen molar-refractivity contribution in [3.05, 3.63) is 47.7 Å². The van der Waals surface area contributed by atoms with E-state index in [2.05, 4.69) is 33.3 Å². The third-order valence-corrected chi connectivity index (χ3v) is 4.09. The van der Waals surface area contributed by atoms with Crippen LogP contribution in [0.3, 0.4) is 0 Å². The molecule has 2 aromatic rings. The van der Waals surface area contributed by atoms with Gasteiger partial charge in [-0.1, -0.05) is 19.4 Å². The van der Waals surface area contributed by atoms with Gasteiger partial charge in [0, 0.05) is 42.7 Å². The van der Waals surface area contributed by atoms with Crippen LogP contribution in [0.2, 0.25) is 0 Å². The maximum atomic E-state index is 5.90. The fourth-order valence-electron chi connectivity index (χ4n) is 2.95. The van der Waals surface area contributed by atoms with Gasteiger partial charge < -0.3 is 10.1 Å². The number of rotatable bonds is 6. The summed E-state index contributed by atoms with van der Waals surface area (Å²) in [6, 6.07) is 6.24. The molecule has 1 aliphatic rings. The van der Waals surface area contributed by atoms with E-state index >= 15 is 0 Å². The smallest absolute Gasteiger partial charge is 0.130 e. The number of ether oxygens (including phenoxy) is 1. The number of unbranched alkanes of at least 4 members (excludes halogenated alkanes) is 1. The molecule has 5 nitrogen and oxygen atoms in total. The molecule has 1 fully saturated rings. The van der Waals surface area contributed by atoms with Gasteiger partial charge in [0.05, 0.1) is 6.04 Å². The van der Waals surface area contributed by atoms with Crippen molar-refractivity contribution in [1.82, 2.24) is 15.0 Å². The fourth-order valence-corrected chi connectivity index (χ4v) is 2.95. The molecule has 1 saturated heterocycles. The highest BCUT2D eigenvalue weighted by atomic mass is 16.5. The number of aryl methyl sites for hydroxylation is 2. The SMILES string of the molecule is CCCCc1nc(C)cc(N[C@H]2CCO[C@@H]2c2cccnc2)n1. The van der Waals surface area contributed by atoms with Gasteiger partial charge in [0.15, 0.2) is 0 Å². The number of anilines is 1. The van der Waals surface area contributed by atoms with Crippen LogP contribution in [-0.4, -0.2) is 27.6 Å². The summed E-state index contributed by atoms with van der Waals surface area (Å²) in [5.74, 6) is 1.82. The van der Waals surface area contributed by atoms with Gasteiger partial charge in [0.1, 0.15) is 17.7 Å². The van der Waals surface area contributed by atoms with E-state index in [0.717, 1.165) is 55.2 Å². The van der Waals surface area contributed by atoms with Gasteiger partial charge in [-0.25, -0.2) is 9.97 Å². The quantitative estimate of drug-likeness (QED) is 0.885. The summed E-state index contributed by atoms with van der Waals surface area (Å²) in [6.07, 6.45) is 7.86. The van der Waals surface area contributed by atoms with E-state index in [-0.39, 0.29) is 12.1 Å². The van der Waals surface area contributed by atoms with Crippen LogP contribution in [0.25, 0.3) is 0 Å². The molecule has 2 atom stereocenters. The molecule has 122 valence electrons. The Kier molecular flexibility index (Phi) is 5.18. The highest BCUT2D eigenvalue weighted by Crippen LogP contribution is 2.30. The van der Waals surface area contributed by atoms with Crippen LogP contribution in [0.15, 0.2) is 30.6 Å². The van der Waals surface area contributed by atoms with E-state index in [0.29, 0.717) is 0 Å². The molecule has 5 heteroatoms. The van der Waals surface area contributed by atoms with E-state index in [9.17, 15) is 0 Å². The summed E-state index contributed by atoms with van der Waals surface area (Å²) in [6.45, 7) is 4.96. The molecule has 3 heterocycles. The summed E-state index contributed by atoms with van der Waals surface area (Å²) in [4.78, 5) is 13.4. The van der Waals surface area contributed by atoms with Crippen LogP contribution in [-0.2, 0) is 11.2 Å². The maximum absolute atomic E-state index is 5.90. The van der Waals surface area contributed by atoms with Gasteiger partial charge in [0.2, 0.25) is 0 Å². The number of pyridine rings is 1. The zero-order valence-electron chi connectivity index (χ0n) is 13.8. The fraction of sp³-hybridized carbons (Fsp3) is 0.500. The standard InChI is InChI=1S/C18H24N4O/c1-3-4-7-16-20-13(2)11-17(22-16)21-15-8-10-23-18(15)14-6-5-9-19-12-14/h5-6,9,11-12,15,18H,3-4,7-8,10H2,1-2H3,(H,20,21,22)/t15-,18+/m0/s1. The predicted octanol–water partition coefficient (Wildman–Crippen LogP) is 3.46. The Bertz CT molecular complexity index is 632. The summed E-state index contributed by atoms with van der Waals surface area (Å²) >= 11 is 0. The van der Waals surface area contributed by atoms with E-state index in [4.69, 9.17) is 4.74 Å². The summed E-state index contributed by atoms with van der Waals surface area (Å²) in [7, 11) is 0. The van der Waals surface area contributed by atoms with Crippen molar-refractivity contribution in [3.63, 3.8) is 0 Å². The minimum absolute atomic E-state index is 0.0260. The molecule has 1 aliphatic heterocycles. The first kappa shape index (κ1) is 15.9. The van der Waals surface area contributed by atoms with E-state index in [1.807, 2.05) is 25.3 Å². The Labute approximate surface area is 137 Å². The Morgan fingerprint density at radius 1 is 1.35 bits per heavy atom. The van der Waals surface area contributed by atoms with Crippen LogP contribution in [0.5, 0.6) is 0 Å². The lowest BCUT2D eigenvalue weighted by molar-refractivity contribution is 0.107. The first-order valence-electron chi connectivity index (χ1n) is 8.39. The molecule has 0 aliphatic carbocycles. The second-order valence-electron chi connectivity index (χ2n) is 6.03. The summed E-state index contributed by atoms with van der Waals surface area (Å²) in [5.41, 5.74) is 2.12. The van der Waals surface area contributed by atoms with Crippen LogP contribution < -0.4 is 5.32 Å². The maximum Gasteiger partial charge on any atom is 0.130 e. The average molecular weight is 312 g/mol. The van der Waals surface area contributed by atoms with Gasteiger partial charge in [-0.15, -0.1) is 0 Å². The van der Waals surface area contributed by atoms with Crippen LogP contribution in [0.4, 0.5) is 5.82 Å². The number of aromatic nitrogens is 3. The van der Waals surface area contributed by atoms with Crippen molar-refractivity contribution in [3.8, 4) is 0 Å². The van der Waals surface area contributed by atoms with Gasteiger partial charge in [-0.2, -0.15) is 0 Å². The Morgan fingerprint density at radius 2 is 2.26 bits per heavy atom. The van der Waals surface area contributed by atoms with Crippen LogP contribution in [0, 0.1) is 6.92 Å². The molecule has 3 rings (SSSR count). The average Bonchev–Trinajstić information content (AvgIpc) is 3.01. The zero-order valence-corrected chi connectivity index (χ0v) is 13.8. The Balaban J connectivity index is 1.74. The molecule has 23 heavy (non-hydrogen) atoms. The molecule has 0 saturated carbocycles. The molecule has 0 bridgehead atoms. The Hall–Kier alpha value is -2.01. The lowest BCUT2D eigenvalue weighted by Crippen LogP contribution is -2.24. The van der Waals surface area contributed by atoms with Gasteiger partial charge in [-0.3, -0.25) is 4.98 Å². The highest BCUT2D eigenvalue weighted by Gasteiger charge is 2.30. The molecule has 0 radical (unpaired) electrons. The van der Waals surface area contributed by atoms with E-state index < -0.39 is 0 Å². The molecule has 0 spiro atoms. The first-order valence-corrected chi connectivity index (χ1v) is 8.39. The van der Waals surface area contributed by atoms with E-state index in [1.165, 1.54) is 0 Å². The van der Waals surface area contributed by atoms with Crippen molar-refractivity contribution in [2.75, 3.05) is 11.9 Å². The number of hydrogen-bond donors (Lipinski definition) is 1. The van der Waals surface area contributed by atoms with Crippen molar-refractivity contribution < 1.29 is 4.74 Å². The lowest BCUT2D eigenvalue weighted by Gasteiger charge is -2.21. The molecule has 0 unspecified atom stereocenters. The minimum atomic E-state index is 0.0260. The van der Waals surface area contributed by atoms with Crippen molar-refractivity contribution >= 4 is 5.82 Å². The van der Waals surface area contributed by atoms with Crippen molar-refractivity contribution in [2.45, 2.75) is 51.7 Å². The van der Waals surface area contributed by atoms with Gasteiger partial charge >= 0.3 is 0 Å². The molecule has 2 aromatic heterocycles. The second kappa shape index (κ2) is 7.51. The largest absolute Gasteiger partial charge is 0.371 e. The zero-order chi connectivity index (χ0) is 16.1. The third-order valence-electron chi connectivity index (χ3n) is 4.09. The van der Waals surface area contributed by atoms with Crippen LogP contribution >= 0.6 is 0 Å². The lowest BCUT2D eigenvalue weighted by atomic mass is 10.0. The monoisotopic (exact) mass is 312 g/mol. The summed E-state index contributed by atoms with van der Waals surface area (Å²) in [5, 5.41) is 3.54. The number of nitrogens with zero attached hydrogens (tertiary/aromatic N) is 3. The number of nitrogens with one attached hydrogen (secondary N) is 1. The first-order chi connectivity index (χ1) is 11.3. The summed E-state index contributed by atoms with van der Waals surface area (Å²) < 4.78 is 5.90. The topological polar surface area (TPSA) is 59.9 Å². The molecular formula is C18H24N4O. The molecule has 0 aromatic carbocycles. The molecule has 1 N–H and O–H groups in total. The van der Waals surface area contributed by atoms with Crippen molar-refractivity contribution in [2.24, 2.45) is 0 Å². The highest BCUT2D eigenvalue weighted by molar-refractivity contribution is 5.38. The molecular weight excluding hydrogens is 288 g/mol. The number of hydrogen-bond acceptors (Lipinski definition) is 5. The van der Waals surface area contributed by atoms with Crippen LogP contribution in [0.1, 0.15) is 49.4 Å². The van der Waals surface area contributed by atoms with Crippen molar-refractivity contribution in [1.29, 1.82) is 0 Å². The third kappa shape index (κ3) is 4.05.